The van der Waals surface area contributed by atoms with Crippen LogP contribution >= 0.6 is 11.6 Å². The molecule has 0 radical (unpaired) electrons. The molecule has 0 amide bonds. The molecule has 1 fully saturated rings. The van der Waals surface area contributed by atoms with E-state index in [2.05, 4.69) is 10.3 Å². The van der Waals surface area contributed by atoms with Gasteiger partial charge in [0.2, 0.25) is 6.23 Å². The molecule has 5 nitrogen and oxygen atoms in total. The van der Waals surface area contributed by atoms with Gasteiger partial charge in [-0.15, -0.1) is 5.10 Å². The first-order valence-electron chi connectivity index (χ1n) is 6.65. The van der Waals surface area contributed by atoms with Crippen LogP contribution < -0.4 is 4.74 Å². The average molecular weight is 302 g/mol. The van der Waals surface area contributed by atoms with Crippen LogP contribution in [0.2, 0.25) is 5.02 Å². The van der Waals surface area contributed by atoms with E-state index >= 15 is 0 Å². The molecule has 0 aliphatic carbocycles. The van der Waals surface area contributed by atoms with E-state index in [1.165, 1.54) is 0 Å². The minimum atomic E-state index is -0.335. The van der Waals surface area contributed by atoms with Gasteiger partial charge in [0.1, 0.15) is 17.4 Å². The van der Waals surface area contributed by atoms with Crippen LogP contribution in [0.5, 0.6) is 5.75 Å². The molecule has 2 atom stereocenters. The number of rotatable bonds is 4. The maximum absolute atomic E-state index is 6.02. The Morgan fingerprint density at radius 2 is 1.95 bits per heavy atom. The zero-order chi connectivity index (χ0) is 14.2. The third-order valence-electron chi connectivity index (χ3n) is 3.37. The quantitative estimate of drug-likeness (QED) is 0.695. The van der Waals surface area contributed by atoms with Crippen LogP contribution in [-0.2, 0) is 4.74 Å². The Balaban J connectivity index is 1.70. The Labute approximate surface area is 126 Å². The van der Waals surface area contributed by atoms with Crippen molar-refractivity contribution in [2.75, 3.05) is 6.61 Å². The number of ether oxygens (including phenoxy) is 2. The lowest BCUT2D eigenvalue weighted by molar-refractivity contribution is 0.0864. The van der Waals surface area contributed by atoms with Gasteiger partial charge in [-0.05, 0) is 36.4 Å². The Bertz CT molecular complexity index is 768. The lowest BCUT2D eigenvalue weighted by atomic mass is 10.3. The van der Waals surface area contributed by atoms with E-state index in [1.807, 2.05) is 36.4 Å². The summed E-state index contributed by atoms with van der Waals surface area (Å²) in [5.41, 5.74) is 1.76. The molecule has 0 bridgehead atoms. The van der Waals surface area contributed by atoms with Crippen LogP contribution in [0.15, 0.2) is 48.5 Å². The molecule has 6 heteroatoms. The second-order valence-electron chi connectivity index (χ2n) is 4.86. The summed E-state index contributed by atoms with van der Waals surface area (Å²) in [4.78, 5) is 0. The lowest BCUT2D eigenvalue weighted by Gasteiger charge is -2.17. The van der Waals surface area contributed by atoms with Crippen LogP contribution in [0, 0.1) is 0 Å². The minimum absolute atomic E-state index is 0.00853. The fourth-order valence-corrected chi connectivity index (χ4v) is 2.36. The van der Waals surface area contributed by atoms with Crippen LogP contribution in [0.3, 0.4) is 0 Å². The molecule has 1 saturated heterocycles. The third kappa shape index (κ3) is 2.46. The van der Waals surface area contributed by atoms with Crippen molar-refractivity contribution < 1.29 is 9.47 Å². The lowest BCUT2D eigenvalue weighted by Crippen LogP contribution is -2.22. The van der Waals surface area contributed by atoms with Gasteiger partial charge in [0.15, 0.2) is 0 Å². The van der Waals surface area contributed by atoms with Gasteiger partial charge in [-0.1, -0.05) is 28.9 Å². The predicted octanol–water partition coefficient (Wildman–Crippen LogP) is 3.06. The third-order valence-corrected chi connectivity index (χ3v) is 3.62. The van der Waals surface area contributed by atoms with Gasteiger partial charge in [-0.2, -0.15) is 0 Å². The van der Waals surface area contributed by atoms with E-state index in [0.29, 0.717) is 11.6 Å². The molecule has 3 aromatic rings. The van der Waals surface area contributed by atoms with E-state index in [0.717, 1.165) is 16.8 Å². The first-order chi connectivity index (χ1) is 10.3. The van der Waals surface area contributed by atoms with Gasteiger partial charge in [0.25, 0.3) is 0 Å². The Kier molecular flexibility index (Phi) is 3.02. The zero-order valence-corrected chi connectivity index (χ0v) is 11.8. The smallest absolute Gasteiger partial charge is 0.221 e. The Hall–Kier alpha value is -2.11. The Morgan fingerprint density at radius 1 is 1.19 bits per heavy atom. The molecule has 106 valence electrons. The Morgan fingerprint density at radius 3 is 2.71 bits per heavy atom. The number of nitrogens with zero attached hydrogens (tertiary/aromatic N) is 3. The highest BCUT2D eigenvalue weighted by Gasteiger charge is 2.37. The summed E-state index contributed by atoms with van der Waals surface area (Å²) in [7, 11) is 0. The summed E-state index contributed by atoms with van der Waals surface area (Å²) in [6, 6.07) is 15.0. The summed E-state index contributed by atoms with van der Waals surface area (Å²) in [5.74, 6) is 0.722. The molecular formula is C15H12ClN3O2. The largest absolute Gasteiger partial charge is 0.466 e. The summed E-state index contributed by atoms with van der Waals surface area (Å²) in [5, 5.41) is 9.04. The first kappa shape index (κ1) is 12.6. The van der Waals surface area contributed by atoms with Gasteiger partial charge >= 0.3 is 0 Å². The number of hydrogen-bond acceptors (Lipinski definition) is 4. The molecule has 1 aliphatic heterocycles. The number of benzene rings is 2. The van der Waals surface area contributed by atoms with E-state index in [4.69, 9.17) is 21.1 Å². The van der Waals surface area contributed by atoms with Gasteiger partial charge in [-0.3, -0.25) is 0 Å². The van der Waals surface area contributed by atoms with E-state index in [-0.39, 0.29) is 12.3 Å². The molecule has 0 N–H and O–H groups in total. The van der Waals surface area contributed by atoms with E-state index in [1.54, 1.807) is 16.8 Å². The average Bonchev–Trinajstić information content (AvgIpc) is 3.26. The molecule has 0 spiro atoms. The van der Waals surface area contributed by atoms with Crippen molar-refractivity contribution in [3.8, 4) is 5.75 Å². The number of epoxide rings is 1. The summed E-state index contributed by atoms with van der Waals surface area (Å²) in [6.07, 6.45) is -0.343. The van der Waals surface area contributed by atoms with Gasteiger partial charge in [0, 0.05) is 5.02 Å². The minimum Gasteiger partial charge on any atom is -0.466 e. The molecule has 2 unspecified atom stereocenters. The van der Waals surface area contributed by atoms with E-state index in [9.17, 15) is 0 Å². The number of aromatic nitrogens is 3. The normalized spacial score (nSPS) is 18.6. The van der Waals surface area contributed by atoms with Gasteiger partial charge in [-0.25, -0.2) is 4.68 Å². The van der Waals surface area contributed by atoms with Crippen molar-refractivity contribution >= 4 is 22.6 Å². The van der Waals surface area contributed by atoms with Crippen molar-refractivity contribution in [3.63, 3.8) is 0 Å². The SMILES string of the molecule is Clc1ccc(OC(C2CO2)n2nnc3ccccc32)cc1. The zero-order valence-electron chi connectivity index (χ0n) is 11.0. The highest BCUT2D eigenvalue weighted by Crippen LogP contribution is 2.30. The number of hydrogen-bond donors (Lipinski definition) is 0. The molecule has 21 heavy (non-hydrogen) atoms. The molecule has 1 aromatic heterocycles. The van der Waals surface area contributed by atoms with Gasteiger partial charge < -0.3 is 9.47 Å². The van der Waals surface area contributed by atoms with Crippen molar-refractivity contribution in [1.82, 2.24) is 15.0 Å². The van der Waals surface area contributed by atoms with Crippen molar-refractivity contribution in [2.45, 2.75) is 12.3 Å². The van der Waals surface area contributed by atoms with Gasteiger partial charge in [0.05, 0.1) is 12.1 Å². The fraction of sp³-hybridized carbons (Fsp3) is 0.200. The summed E-state index contributed by atoms with van der Waals surface area (Å²) < 4.78 is 13.2. The molecular weight excluding hydrogens is 290 g/mol. The highest BCUT2D eigenvalue weighted by molar-refractivity contribution is 6.30. The second-order valence-corrected chi connectivity index (χ2v) is 5.29. The number of para-hydroxylation sites is 1. The van der Waals surface area contributed by atoms with E-state index < -0.39 is 0 Å². The van der Waals surface area contributed by atoms with Crippen LogP contribution in [0.1, 0.15) is 6.23 Å². The number of fused-ring (bicyclic) bond motifs is 1. The van der Waals surface area contributed by atoms with Crippen LogP contribution in [-0.4, -0.2) is 27.7 Å². The first-order valence-corrected chi connectivity index (χ1v) is 7.03. The fourth-order valence-electron chi connectivity index (χ4n) is 2.23. The predicted molar refractivity (Wildman–Crippen MR) is 78.4 cm³/mol. The maximum atomic E-state index is 6.02. The highest BCUT2D eigenvalue weighted by atomic mass is 35.5. The van der Waals surface area contributed by atoms with Crippen molar-refractivity contribution in [1.29, 1.82) is 0 Å². The molecule has 2 heterocycles. The van der Waals surface area contributed by atoms with Crippen LogP contribution in [0.4, 0.5) is 0 Å². The van der Waals surface area contributed by atoms with Crippen molar-refractivity contribution in [2.24, 2.45) is 0 Å². The monoisotopic (exact) mass is 301 g/mol. The maximum Gasteiger partial charge on any atom is 0.221 e. The number of halogens is 1. The second kappa shape index (κ2) is 5.02. The molecule has 1 aliphatic rings. The summed E-state index contributed by atoms with van der Waals surface area (Å²) >= 11 is 5.89. The molecule has 4 rings (SSSR count). The molecule has 0 saturated carbocycles. The van der Waals surface area contributed by atoms with Crippen molar-refractivity contribution in [3.05, 3.63) is 53.6 Å². The van der Waals surface area contributed by atoms with Crippen LogP contribution in [0.25, 0.3) is 11.0 Å². The standard InChI is InChI=1S/C15H12ClN3O2/c16-10-5-7-11(8-6-10)21-15(14-9-20-14)19-13-4-2-1-3-12(13)17-18-19/h1-8,14-15H,9H2. The summed E-state index contributed by atoms with van der Waals surface area (Å²) in [6.45, 7) is 0.659. The topological polar surface area (TPSA) is 52.5 Å². The molecule has 2 aromatic carbocycles.